The first-order valence-corrected chi connectivity index (χ1v) is 3.32. The van der Waals surface area contributed by atoms with Crippen LogP contribution >= 0.6 is 0 Å². The minimum absolute atomic E-state index is 0.289. The Morgan fingerprint density at radius 3 is 2.60 bits per heavy atom. The Kier molecular flexibility index (Phi) is 7.02. The molecule has 0 fully saturated rings. The Hall–Kier alpha value is -0.0551. The average Bonchev–Trinajstić information content (AvgIpc) is 1.98. The van der Waals surface area contributed by atoms with E-state index in [0.717, 1.165) is 0 Å². The van der Waals surface area contributed by atoms with Gasteiger partial charge in [-0.3, -0.25) is 0 Å². The van der Waals surface area contributed by atoms with E-state index in [1.54, 1.807) is 14.2 Å². The van der Waals surface area contributed by atoms with E-state index in [1.165, 1.54) is 0 Å². The second-order valence-electron chi connectivity index (χ2n) is 2.07. The van der Waals surface area contributed by atoms with E-state index in [0.29, 0.717) is 19.5 Å². The smallest absolute Gasteiger partial charge is 0.0725 e. The monoisotopic (exact) mass is 143 g/mol. The lowest BCUT2D eigenvalue weighted by Crippen LogP contribution is -2.19. The lowest BCUT2D eigenvalue weighted by Gasteiger charge is -2.12. The Morgan fingerprint density at radius 1 is 1.50 bits per heavy atom. The van der Waals surface area contributed by atoms with E-state index in [9.17, 15) is 0 Å². The molecule has 0 aromatic carbocycles. The molecule has 0 amide bonds. The molecule has 0 spiro atoms. The minimum atomic E-state index is 0.289. The molecule has 0 aromatic heterocycles. The molecule has 0 aliphatic rings. The highest BCUT2D eigenvalue weighted by Crippen LogP contribution is 2.00. The fraction of sp³-hybridized carbons (Fsp3) is 1.00. The van der Waals surface area contributed by atoms with Crippen molar-refractivity contribution in [2.45, 2.75) is 6.32 Å². The first kappa shape index (κ1) is 9.94. The summed E-state index contributed by atoms with van der Waals surface area (Å²) in [4.78, 5) is 4.93. The Balaban J connectivity index is 3.21. The van der Waals surface area contributed by atoms with E-state index < -0.39 is 0 Å². The van der Waals surface area contributed by atoms with Gasteiger partial charge in [0.05, 0.1) is 21.1 Å². The second-order valence-corrected chi connectivity index (χ2v) is 2.07. The summed E-state index contributed by atoms with van der Waals surface area (Å²) < 4.78 is 4.90. The first-order valence-electron chi connectivity index (χ1n) is 3.32. The largest absolute Gasteiger partial charge is 0.384 e. The Labute approximate surface area is 63.4 Å². The molecule has 0 saturated heterocycles. The van der Waals surface area contributed by atoms with Gasteiger partial charge in [-0.15, -0.1) is 0 Å². The third-order valence-corrected chi connectivity index (χ3v) is 1.20. The number of hydrogen-bond donors (Lipinski definition) is 1. The fourth-order valence-corrected chi connectivity index (χ4v) is 0.621. The van der Waals surface area contributed by atoms with Crippen LogP contribution in [0, 0.1) is 5.92 Å². The predicted octanol–water partition coefficient (Wildman–Crippen LogP) is -0.0132. The molecule has 10 heavy (non-hydrogen) atoms. The Morgan fingerprint density at radius 2 is 2.20 bits per heavy atom. The van der Waals surface area contributed by atoms with Crippen molar-refractivity contribution in [3.05, 3.63) is 0 Å². The van der Waals surface area contributed by atoms with Crippen molar-refractivity contribution in [3.63, 3.8) is 0 Å². The van der Waals surface area contributed by atoms with Crippen LogP contribution < -0.4 is 5.48 Å². The molecule has 0 saturated carbocycles. The van der Waals surface area contributed by atoms with Gasteiger partial charge in [-0.2, -0.15) is 0 Å². The lowest BCUT2D eigenvalue weighted by molar-refractivity contribution is 0.0148. The van der Waals surface area contributed by atoms with Crippen molar-refractivity contribution in [2.24, 2.45) is 5.92 Å². The number of nitrogens with one attached hydrogen (secondary N) is 1. The van der Waals surface area contributed by atoms with Crippen LogP contribution in [0.3, 0.4) is 0 Å². The van der Waals surface area contributed by atoms with E-state index in [-0.39, 0.29) is 5.92 Å². The van der Waals surface area contributed by atoms with Crippen LogP contribution in [0.15, 0.2) is 0 Å². The molecule has 1 atom stereocenters. The van der Waals surface area contributed by atoms with E-state index in [4.69, 9.17) is 17.4 Å². The normalized spacial score (nSPS) is 13.4. The van der Waals surface area contributed by atoms with E-state index in [2.05, 4.69) is 5.48 Å². The fourth-order valence-electron chi connectivity index (χ4n) is 0.621. The molecular weight excluding hydrogens is 129 g/mol. The highest BCUT2D eigenvalue weighted by Gasteiger charge is 2.03. The maximum Gasteiger partial charge on any atom is 0.0725 e. The van der Waals surface area contributed by atoms with Gasteiger partial charge in [0.15, 0.2) is 0 Å². The highest BCUT2D eigenvalue weighted by molar-refractivity contribution is 6.08. The first-order chi connectivity index (χ1) is 4.85. The van der Waals surface area contributed by atoms with Gasteiger partial charge < -0.3 is 9.57 Å². The number of hydrogen-bond acceptors (Lipinski definition) is 3. The van der Waals surface area contributed by atoms with Gasteiger partial charge in [0.25, 0.3) is 0 Å². The molecule has 0 bridgehead atoms. The number of methoxy groups -OCH3 is 1. The summed E-state index contributed by atoms with van der Waals surface area (Å²) >= 11 is 0. The minimum Gasteiger partial charge on any atom is -0.384 e. The van der Waals surface area contributed by atoms with E-state index >= 15 is 0 Å². The molecule has 1 N–H and O–H groups in total. The van der Waals surface area contributed by atoms with Gasteiger partial charge in [0, 0.05) is 14.2 Å². The van der Waals surface area contributed by atoms with Gasteiger partial charge in [-0.1, -0.05) is 6.32 Å². The van der Waals surface area contributed by atoms with Crippen molar-refractivity contribution >= 4 is 7.85 Å². The van der Waals surface area contributed by atoms with Crippen LogP contribution in [0.2, 0.25) is 6.32 Å². The van der Waals surface area contributed by atoms with Crippen LogP contribution in [0.4, 0.5) is 0 Å². The summed E-state index contributed by atoms with van der Waals surface area (Å²) in [7, 11) is 8.79. The molecule has 58 valence electrons. The molecule has 0 aliphatic heterocycles. The van der Waals surface area contributed by atoms with Gasteiger partial charge in [0.2, 0.25) is 0 Å². The summed E-state index contributed by atoms with van der Waals surface area (Å²) in [6, 6.07) is 0. The van der Waals surface area contributed by atoms with Crippen molar-refractivity contribution in [2.75, 3.05) is 27.4 Å². The zero-order valence-corrected chi connectivity index (χ0v) is 6.59. The van der Waals surface area contributed by atoms with Crippen LogP contribution in [0.25, 0.3) is 0 Å². The topological polar surface area (TPSA) is 30.5 Å². The zero-order chi connectivity index (χ0) is 7.82. The maximum absolute atomic E-state index is 5.41. The van der Waals surface area contributed by atoms with Crippen LogP contribution in [-0.4, -0.2) is 35.2 Å². The number of ether oxygens (including phenoxy) is 1. The molecule has 4 heteroatoms. The standard InChI is InChI=1S/C6H14BNO2/c1-8-10-5-6(3-7)4-9-2/h6,8H,3-5H2,1-2H3. The van der Waals surface area contributed by atoms with Gasteiger partial charge >= 0.3 is 0 Å². The van der Waals surface area contributed by atoms with Crippen LogP contribution in [0.5, 0.6) is 0 Å². The molecular formula is C6H14BNO2. The van der Waals surface area contributed by atoms with Crippen molar-refractivity contribution in [1.29, 1.82) is 0 Å². The van der Waals surface area contributed by atoms with Gasteiger partial charge in [-0.05, 0) is 5.92 Å². The third kappa shape index (κ3) is 4.79. The van der Waals surface area contributed by atoms with Crippen LogP contribution in [0.1, 0.15) is 0 Å². The summed E-state index contributed by atoms with van der Waals surface area (Å²) in [6.45, 7) is 1.25. The summed E-state index contributed by atoms with van der Waals surface area (Å²) in [5.74, 6) is 0.289. The zero-order valence-electron chi connectivity index (χ0n) is 6.59. The summed E-state index contributed by atoms with van der Waals surface area (Å²) in [5.41, 5.74) is 2.58. The maximum atomic E-state index is 5.41. The third-order valence-electron chi connectivity index (χ3n) is 1.20. The van der Waals surface area contributed by atoms with Gasteiger partial charge in [0.1, 0.15) is 0 Å². The molecule has 0 aromatic rings. The molecule has 0 heterocycles. The van der Waals surface area contributed by atoms with Gasteiger partial charge in [-0.25, -0.2) is 5.48 Å². The van der Waals surface area contributed by atoms with Crippen molar-refractivity contribution in [1.82, 2.24) is 5.48 Å². The van der Waals surface area contributed by atoms with E-state index in [1.807, 2.05) is 0 Å². The average molecular weight is 143 g/mol. The lowest BCUT2D eigenvalue weighted by atomic mass is 9.92. The molecule has 2 radical (unpaired) electrons. The quantitative estimate of drug-likeness (QED) is 0.419. The van der Waals surface area contributed by atoms with Crippen molar-refractivity contribution in [3.8, 4) is 0 Å². The molecule has 0 aliphatic carbocycles. The van der Waals surface area contributed by atoms with Crippen molar-refractivity contribution < 1.29 is 9.57 Å². The number of hydroxylamine groups is 1. The summed E-state index contributed by atoms with van der Waals surface area (Å²) in [5, 5.41) is 0. The van der Waals surface area contributed by atoms with Crippen LogP contribution in [-0.2, 0) is 9.57 Å². The Bertz CT molecular complexity index is 72.8. The molecule has 1 unspecified atom stereocenters. The summed E-state index contributed by atoms with van der Waals surface area (Å²) in [6.07, 6.45) is 0.593. The predicted molar refractivity (Wildman–Crippen MR) is 40.9 cm³/mol. The molecule has 0 rings (SSSR count). The second kappa shape index (κ2) is 7.06. The molecule has 3 nitrogen and oxygen atoms in total. The number of rotatable bonds is 6. The SMILES string of the molecule is [B]CC(COC)CONC. The highest BCUT2D eigenvalue weighted by atomic mass is 16.6.